The molecule has 0 bridgehead atoms. The lowest BCUT2D eigenvalue weighted by Gasteiger charge is -2.34. The molecule has 23 heavy (non-hydrogen) atoms. The van der Waals surface area contributed by atoms with E-state index >= 15 is 0 Å². The van der Waals surface area contributed by atoms with Crippen molar-refractivity contribution in [1.29, 1.82) is 0 Å². The van der Waals surface area contributed by atoms with Crippen LogP contribution in [0.15, 0.2) is 36.4 Å². The molecular weight excluding hydrogens is 290 g/mol. The number of hydrogen-bond acceptors (Lipinski definition) is 3. The maximum atomic E-state index is 11.3. The second-order valence-corrected chi connectivity index (χ2v) is 6.58. The van der Waals surface area contributed by atoms with Crippen LogP contribution in [0.4, 0.5) is 0 Å². The topological polar surface area (TPSA) is 49.8 Å². The Hall–Kier alpha value is -2.07. The Bertz CT molecular complexity index is 713. The summed E-state index contributed by atoms with van der Waals surface area (Å²) in [6, 6.07) is 12.4. The number of rotatable bonds is 4. The molecule has 2 aromatic carbocycles. The summed E-state index contributed by atoms with van der Waals surface area (Å²) in [6.07, 6.45) is 0.765. The van der Waals surface area contributed by atoms with Crippen molar-refractivity contribution in [2.24, 2.45) is 11.8 Å². The Morgan fingerprint density at radius 1 is 1.26 bits per heavy atom. The van der Waals surface area contributed by atoms with Gasteiger partial charge in [-0.1, -0.05) is 31.2 Å². The van der Waals surface area contributed by atoms with Crippen LogP contribution in [-0.4, -0.2) is 36.2 Å². The first-order valence-electron chi connectivity index (χ1n) is 8.07. The molecule has 0 saturated carbocycles. The van der Waals surface area contributed by atoms with Crippen LogP contribution >= 0.6 is 0 Å². The van der Waals surface area contributed by atoms with Crippen LogP contribution in [0.25, 0.3) is 10.8 Å². The number of piperidine rings is 1. The number of ether oxygens (including phenoxy) is 1. The molecule has 4 heteroatoms. The number of aliphatic carboxylic acids is 1. The van der Waals surface area contributed by atoms with Crippen LogP contribution < -0.4 is 4.74 Å². The molecule has 0 aromatic heterocycles. The molecule has 1 aliphatic heterocycles. The van der Waals surface area contributed by atoms with Gasteiger partial charge in [-0.15, -0.1) is 0 Å². The third kappa shape index (κ3) is 3.48. The summed E-state index contributed by atoms with van der Waals surface area (Å²) < 4.78 is 5.55. The van der Waals surface area contributed by atoms with Crippen molar-refractivity contribution in [2.75, 3.05) is 20.2 Å². The molecule has 1 aliphatic rings. The standard InChI is InChI=1S/C19H23NO3/c1-13-7-17(19(21)22)12-20(10-13)11-16-8-14-5-3-4-6-15(14)9-18(16)23-2/h3-6,8-9,13,17H,7,10-12H2,1-2H3,(H,21,22). The Kier molecular flexibility index (Phi) is 4.53. The number of benzene rings is 2. The molecule has 2 aromatic rings. The van der Waals surface area contributed by atoms with Crippen molar-refractivity contribution < 1.29 is 14.6 Å². The summed E-state index contributed by atoms with van der Waals surface area (Å²) in [7, 11) is 1.69. The first-order chi connectivity index (χ1) is 11.1. The summed E-state index contributed by atoms with van der Waals surface area (Å²) in [5.41, 5.74) is 1.12. The minimum Gasteiger partial charge on any atom is -0.496 e. The van der Waals surface area contributed by atoms with Gasteiger partial charge in [-0.3, -0.25) is 9.69 Å². The van der Waals surface area contributed by atoms with Crippen LogP contribution in [0, 0.1) is 11.8 Å². The summed E-state index contributed by atoms with van der Waals surface area (Å²) in [4.78, 5) is 13.6. The lowest BCUT2D eigenvalue weighted by atomic mass is 9.90. The van der Waals surface area contributed by atoms with Crippen molar-refractivity contribution in [1.82, 2.24) is 4.90 Å². The molecule has 1 fully saturated rings. The summed E-state index contributed by atoms with van der Waals surface area (Å²) in [5, 5.41) is 11.7. The van der Waals surface area contributed by atoms with E-state index in [-0.39, 0.29) is 5.92 Å². The largest absolute Gasteiger partial charge is 0.496 e. The molecular formula is C19H23NO3. The highest BCUT2D eigenvalue weighted by Gasteiger charge is 2.29. The molecule has 0 radical (unpaired) electrons. The van der Waals surface area contributed by atoms with Gasteiger partial charge < -0.3 is 9.84 Å². The highest BCUT2D eigenvalue weighted by atomic mass is 16.5. The van der Waals surface area contributed by atoms with Crippen molar-refractivity contribution in [3.8, 4) is 5.75 Å². The van der Waals surface area contributed by atoms with Gasteiger partial charge in [-0.25, -0.2) is 0 Å². The number of fused-ring (bicyclic) bond motifs is 1. The van der Waals surface area contributed by atoms with Gasteiger partial charge in [0.05, 0.1) is 13.0 Å². The van der Waals surface area contributed by atoms with Crippen molar-refractivity contribution in [3.63, 3.8) is 0 Å². The predicted molar refractivity (Wildman–Crippen MR) is 90.7 cm³/mol. The first kappa shape index (κ1) is 15.8. The van der Waals surface area contributed by atoms with E-state index in [1.165, 1.54) is 5.39 Å². The Morgan fingerprint density at radius 3 is 2.61 bits per heavy atom. The van der Waals surface area contributed by atoms with E-state index in [0.717, 1.165) is 36.2 Å². The third-order valence-electron chi connectivity index (χ3n) is 4.63. The van der Waals surface area contributed by atoms with E-state index in [4.69, 9.17) is 4.74 Å². The van der Waals surface area contributed by atoms with Gasteiger partial charge >= 0.3 is 5.97 Å². The van der Waals surface area contributed by atoms with E-state index in [9.17, 15) is 9.90 Å². The molecule has 2 unspecified atom stereocenters. The highest BCUT2D eigenvalue weighted by molar-refractivity contribution is 5.85. The van der Waals surface area contributed by atoms with Crippen LogP contribution in [-0.2, 0) is 11.3 Å². The summed E-state index contributed by atoms with van der Waals surface area (Å²) >= 11 is 0. The Labute approximate surface area is 136 Å². The van der Waals surface area contributed by atoms with Gasteiger partial charge in [0.25, 0.3) is 0 Å². The number of hydrogen-bond donors (Lipinski definition) is 1. The molecule has 0 spiro atoms. The molecule has 4 nitrogen and oxygen atoms in total. The molecule has 3 rings (SSSR count). The average molecular weight is 313 g/mol. The van der Waals surface area contributed by atoms with Crippen LogP contribution in [0.1, 0.15) is 18.9 Å². The lowest BCUT2D eigenvalue weighted by Crippen LogP contribution is -2.42. The smallest absolute Gasteiger partial charge is 0.307 e. The normalized spacial score (nSPS) is 22.2. The van der Waals surface area contributed by atoms with Gasteiger partial charge in [0.1, 0.15) is 5.75 Å². The van der Waals surface area contributed by atoms with Crippen LogP contribution in [0.5, 0.6) is 5.75 Å². The Balaban J connectivity index is 1.86. The van der Waals surface area contributed by atoms with Crippen LogP contribution in [0.3, 0.4) is 0 Å². The third-order valence-corrected chi connectivity index (χ3v) is 4.63. The SMILES string of the molecule is COc1cc2ccccc2cc1CN1CC(C)CC(C(=O)O)C1. The van der Waals surface area contributed by atoms with Crippen molar-refractivity contribution in [3.05, 3.63) is 42.0 Å². The number of carboxylic acid groups (broad SMARTS) is 1. The molecule has 1 heterocycles. The summed E-state index contributed by atoms with van der Waals surface area (Å²) in [6.45, 7) is 4.39. The number of nitrogens with zero attached hydrogens (tertiary/aromatic N) is 1. The quantitative estimate of drug-likeness (QED) is 0.940. The van der Waals surface area contributed by atoms with Crippen LogP contribution in [0.2, 0.25) is 0 Å². The minimum absolute atomic E-state index is 0.273. The van der Waals surface area contributed by atoms with E-state index in [1.54, 1.807) is 7.11 Å². The molecule has 2 atom stereocenters. The van der Waals surface area contributed by atoms with E-state index in [0.29, 0.717) is 12.5 Å². The summed E-state index contributed by atoms with van der Waals surface area (Å²) in [5.74, 6) is 0.308. The first-order valence-corrected chi connectivity index (χ1v) is 8.07. The highest BCUT2D eigenvalue weighted by Crippen LogP contribution is 2.29. The molecule has 1 N–H and O–H groups in total. The molecule has 0 amide bonds. The average Bonchev–Trinajstić information content (AvgIpc) is 2.53. The zero-order valence-electron chi connectivity index (χ0n) is 13.7. The Morgan fingerprint density at radius 2 is 1.96 bits per heavy atom. The van der Waals surface area contributed by atoms with Crippen molar-refractivity contribution >= 4 is 16.7 Å². The molecule has 1 saturated heterocycles. The lowest BCUT2D eigenvalue weighted by molar-refractivity contribution is -0.144. The van der Waals surface area contributed by atoms with Gasteiger partial charge in [-0.05, 0) is 35.2 Å². The fourth-order valence-corrected chi connectivity index (χ4v) is 3.59. The fraction of sp³-hybridized carbons (Fsp3) is 0.421. The zero-order valence-corrected chi connectivity index (χ0v) is 13.7. The van der Waals surface area contributed by atoms with Crippen molar-refractivity contribution in [2.45, 2.75) is 19.9 Å². The molecule has 122 valence electrons. The van der Waals surface area contributed by atoms with Gasteiger partial charge in [0.2, 0.25) is 0 Å². The maximum absolute atomic E-state index is 11.3. The number of likely N-dealkylation sites (tertiary alicyclic amines) is 1. The second kappa shape index (κ2) is 6.59. The fourth-order valence-electron chi connectivity index (χ4n) is 3.59. The maximum Gasteiger partial charge on any atom is 0.307 e. The van der Waals surface area contributed by atoms with E-state index in [1.807, 2.05) is 12.1 Å². The van der Waals surface area contributed by atoms with E-state index < -0.39 is 5.97 Å². The number of carbonyl (C=O) groups is 1. The minimum atomic E-state index is -0.688. The van der Waals surface area contributed by atoms with Gasteiger partial charge in [0, 0.05) is 25.2 Å². The van der Waals surface area contributed by atoms with Gasteiger partial charge in [0.15, 0.2) is 0 Å². The number of carboxylic acids is 1. The predicted octanol–water partition coefficient (Wildman–Crippen LogP) is 3.39. The second-order valence-electron chi connectivity index (χ2n) is 6.58. The monoisotopic (exact) mass is 313 g/mol. The zero-order chi connectivity index (χ0) is 16.4. The van der Waals surface area contributed by atoms with E-state index in [2.05, 4.69) is 36.1 Å². The van der Waals surface area contributed by atoms with Gasteiger partial charge in [-0.2, -0.15) is 0 Å². The number of methoxy groups -OCH3 is 1. The molecule has 0 aliphatic carbocycles.